The van der Waals surface area contributed by atoms with Crippen LogP contribution in [0.5, 0.6) is 11.5 Å². The summed E-state index contributed by atoms with van der Waals surface area (Å²) in [5, 5.41) is 5.52. The predicted octanol–water partition coefficient (Wildman–Crippen LogP) is 4.43. The number of rotatable bonds is 9. The van der Waals surface area contributed by atoms with E-state index in [2.05, 4.69) is 5.32 Å². The van der Waals surface area contributed by atoms with E-state index in [1.54, 1.807) is 14.2 Å². The van der Waals surface area contributed by atoms with Crippen LogP contribution in [0.1, 0.15) is 43.7 Å². The molecule has 1 aliphatic rings. The molecule has 3 aromatic rings. The normalized spacial score (nSPS) is 14.4. The van der Waals surface area contributed by atoms with Gasteiger partial charge in [-0.15, -0.1) is 11.3 Å². The van der Waals surface area contributed by atoms with E-state index in [1.165, 1.54) is 29.5 Å². The molecule has 1 aliphatic carbocycles. The minimum Gasteiger partial charge on any atom is -0.493 e. The van der Waals surface area contributed by atoms with Crippen molar-refractivity contribution in [2.45, 2.75) is 49.7 Å². The fourth-order valence-electron chi connectivity index (χ4n) is 4.23. The minimum absolute atomic E-state index is 0.0262. The van der Waals surface area contributed by atoms with Crippen LogP contribution in [0.2, 0.25) is 0 Å². The molecule has 1 saturated carbocycles. The molecule has 7 nitrogen and oxygen atoms in total. The van der Waals surface area contributed by atoms with Crippen LogP contribution in [0.25, 0.3) is 10.2 Å². The molecule has 33 heavy (non-hydrogen) atoms. The molecule has 0 saturated heterocycles. The fourth-order valence-corrected chi connectivity index (χ4v) is 5.89. The number of hydrogen-bond acceptors (Lipinski definition) is 7. The van der Waals surface area contributed by atoms with E-state index in [0.717, 1.165) is 31.2 Å². The topological polar surface area (TPSA) is 82.5 Å². The number of ether oxygens (including phenoxy) is 2. The Morgan fingerprint density at radius 2 is 1.97 bits per heavy atom. The van der Waals surface area contributed by atoms with Gasteiger partial charge in [0.2, 0.25) is 5.91 Å². The second-order valence-electron chi connectivity index (χ2n) is 8.07. The number of nitrogens with one attached hydrogen (secondary N) is 1. The highest BCUT2D eigenvalue weighted by molar-refractivity contribution is 7.99. The summed E-state index contributed by atoms with van der Waals surface area (Å²) in [5.74, 6) is 1.50. The van der Waals surface area contributed by atoms with Crippen LogP contribution in [0.15, 0.2) is 39.6 Å². The number of hydrogen-bond donors (Lipinski definition) is 1. The quantitative estimate of drug-likeness (QED) is 0.355. The largest absolute Gasteiger partial charge is 0.493 e. The zero-order valence-electron chi connectivity index (χ0n) is 19.0. The van der Waals surface area contributed by atoms with Gasteiger partial charge in [0.25, 0.3) is 5.56 Å². The average molecular weight is 488 g/mol. The Kier molecular flexibility index (Phi) is 7.93. The summed E-state index contributed by atoms with van der Waals surface area (Å²) in [5.41, 5.74) is 1.79. The molecule has 1 aromatic carbocycles. The molecule has 1 N–H and O–H groups in total. The van der Waals surface area contributed by atoms with E-state index in [0.29, 0.717) is 39.8 Å². The second kappa shape index (κ2) is 11.1. The molecule has 176 valence electrons. The lowest BCUT2D eigenvalue weighted by molar-refractivity contribution is -0.118. The van der Waals surface area contributed by atoms with Gasteiger partial charge in [0.1, 0.15) is 4.70 Å². The Morgan fingerprint density at radius 1 is 1.18 bits per heavy atom. The number of amides is 1. The third-order valence-corrected chi connectivity index (χ3v) is 7.78. The van der Waals surface area contributed by atoms with Crippen molar-refractivity contribution in [3.63, 3.8) is 0 Å². The smallest absolute Gasteiger partial charge is 0.272 e. The summed E-state index contributed by atoms with van der Waals surface area (Å²) >= 11 is 2.78. The zero-order chi connectivity index (χ0) is 23.2. The third-order valence-electron chi connectivity index (χ3n) is 5.94. The van der Waals surface area contributed by atoms with Crippen LogP contribution >= 0.6 is 23.1 Å². The van der Waals surface area contributed by atoms with E-state index in [4.69, 9.17) is 14.5 Å². The third kappa shape index (κ3) is 5.52. The number of benzene rings is 1. The van der Waals surface area contributed by atoms with Crippen molar-refractivity contribution in [3.05, 3.63) is 45.6 Å². The van der Waals surface area contributed by atoms with Crippen LogP contribution < -0.4 is 20.3 Å². The molecule has 2 aromatic heterocycles. The highest BCUT2D eigenvalue weighted by Crippen LogP contribution is 2.32. The molecular weight excluding hydrogens is 458 g/mol. The van der Waals surface area contributed by atoms with E-state index < -0.39 is 0 Å². The molecule has 0 radical (unpaired) electrons. The van der Waals surface area contributed by atoms with Crippen molar-refractivity contribution < 1.29 is 14.3 Å². The molecule has 0 bridgehead atoms. The Labute approximate surface area is 201 Å². The minimum atomic E-state index is -0.0738. The number of thioether (sulfide) groups is 1. The Balaban J connectivity index is 1.39. The molecule has 0 unspecified atom stereocenters. The van der Waals surface area contributed by atoms with Gasteiger partial charge in [-0.1, -0.05) is 37.1 Å². The van der Waals surface area contributed by atoms with Gasteiger partial charge in [-0.05, 0) is 48.4 Å². The van der Waals surface area contributed by atoms with E-state index in [9.17, 15) is 9.59 Å². The maximum Gasteiger partial charge on any atom is 0.272 e. The maximum absolute atomic E-state index is 13.2. The van der Waals surface area contributed by atoms with Gasteiger partial charge >= 0.3 is 0 Å². The molecule has 1 fully saturated rings. The second-order valence-corrected chi connectivity index (χ2v) is 9.93. The van der Waals surface area contributed by atoms with Crippen LogP contribution in [-0.4, -0.2) is 42.0 Å². The van der Waals surface area contributed by atoms with Crippen molar-refractivity contribution in [3.8, 4) is 11.5 Å². The van der Waals surface area contributed by atoms with Gasteiger partial charge in [-0.25, -0.2) is 4.98 Å². The lowest BCUT2D eigenvalue weighted by atomic mass is 9.95. The number of thiophene rings is 1. The molecule has 1 amide bonds. The molecule has 0 atom stereocenters. The van der Waals surface area contributed by atoms with Crippen molar-refractivity contribution in [1.29, 1.82) is 0 Å². The Morgan fingerprint density at radius 3 is 2.73 bits per heavy atom. The summed E-state index contributed by atoms with van der Waals surface area (Å²) in [6, 6.07) is 7.79. The first-order valence-electron chi connectivity index (χ1n) is 11.2. The number of fused-ring (bicyclic) bond motifs is 1. The number of nitrogens with zero attached hydrogens (tertiary/aromatic N) is 2. The summed E-state index contributed by atoms with van der Waals surface area (Å²) in [7, 11) is 3.21. The van der Waals surface area contributed by atoms with Crippen molar-refractivity contribution in [2.24, 2.45) is 0 Å². The fraction of sp³-hybridized carbons (Fsp3) is 0.458. The molecular formula is C24H29N3O4S2. The van der Waals surface area contributed by atoms with Crippen LogP contribution in [-0.2, 0) is 11.2 Å². The Bertz CT molecular complexity index is 1170. The number of methoxy groups -OCH3 is 2. The van der Waals surface area contributed by atoms with Crippen LogP contribution in [0.3, 0.4) is 0 Å². The monoisotopic (exact) mass is 487 g/mol. The van der Waals surface area contributed by atoms with Crippen LogP contribution in [0.4, 0.5) is 0 Å². The highest BCUT2D eigenvalue weighted by Gasteiger charge is 2.22. The maximum atomic E-state index is 13.2. The first-order valence-corrected chi connectivity index (χ1v) is 13.1. The summed E-state index contributed by atoms with van der Waals surface area (Å²) < 4.78 is 13.1. The van der Waals surface area contributed by atoms with Gasteiger partial charge < -0.3 is 14.8 Å². The standard InChI is InChI=1S/C24H29N3O4S2/c1-30-19-9-8-16(14-20(19)31-2)10-12-25-21(28)15-33-24-26-18-11-13-32-22(18)23(29)27(24)17-6-4-3-5-7-17/h8-9,11,13-14,17H,3-7,10,12,15H2,1-2H3,(H,25,28). The van der Waals surface area contributed by atoms with Gasteiger partial charge in [0.15, 0.2) is 16.7 Å². The van der Waals surface area contributed by atoms with E-state index in [1.807, 2.05) is 34.2 Å². The summed E-state index contributed by atoms with van der Waals surface area (Å²) in [6.45, 7) is 0.515. The van der Waals surface area contributed by atoms with Crippen molar-refractivity contribution in [1.82, 2.24) is 14.9 Å². The van der Waals surface area contributed by atoms with E-state index >= 15 is 0 Å². The first-order chi connectivity index (χ1) is 16.1. The number of carbonyl (C=O) groups is 1. The SMILES string of the molecule is COc1ccc(CCNC(=O)CSc2nc3ccsc3c(=O)n2C2CCCCC2)cc1OC. The molecule has 9 heteroatoms. The molecule has 4 rings (SSSR count). The lowest BCUT2D eigenvalue weighted by Crippen LogP contribution is -2.30. The zero-order valence-corrected chi connectivity index (χ0v) is 20.6. The average Bonchev–Trinajstić information content (AvgIpc) is 3.32. The lowest BCUT2D eigenvalue weighted by Gasteiger charge is -2.25. The van der Waals surface area contributed by atoms with Gasteiger partial charge in [0.05, 0.1) is 25.5 Å². The highest BCUT2D eigenvalue weighted by atomic mass is 32.2. The van der Waals surface area contributed by atoms with Crippen molar-refractivity contribution in [2.75, 3.05) is 26.5 Å². The molecule has 0 spiro atoms. The predicted molar refractivity (Wildman–Crippen MR) is 133 cm³/mol. The first kappa shape index (κ1) is 23.6. The number of carbonyl (C=O) groups excluding carboxylic acids is 1. The summed E-state index contributed by atoms with van der Waals surface area (Å²) in [6.07, 6.45) is 6.13. The van der Waals surface area contributed by atoms with E-state index in [-0.39, 0.29) is 23.3 Å². The summed E-state index contributed by atoms with van der Waals surface area (Å²) in [4.78, 5) is 30.4. The van der Waals surface area contributed by atoms with Gasteiger partial charge in [-0.3, -0.25) is 14.2 Å². The molecule has 0 aliphatic heterocycles. The Hall–Kier alpha value is -2.52. The van der Waals surface area contributed by atoms with Gasteiger partial charge in [0, 0.05) is 12.6 Å². The van der Waals surface area contributed by atoms with Crippen molar-refractivity contribution >= 4 is 39.2 Å². The number of aromatic nitrogens is 2. The van der Waals surface area contributed by atoms with Gasteiger partial charge in [-0.2, -0.15) is 0 Å². The van der Waals surface area contributed by atoms with Crippen LogP contribution in [0, 0.1) is 0 Å². The molecule has 2 heterocycles.